The van der Waals surface area contributed by atoms with Crippen LogP contribution in [0, 0.1) is 6.92 Å². The van der Waals surface area contributed by atoms with Gasteiger partial charge >= 0.3 is 0 Å². The summed E-state index contributed by atoms with van der Waals surface area (Å²) in [5, 5.41) is 0.688. The number of aromatic nitrogens is 2. The third-order valence-electron chi connectivity index (χ3n) is 5.56. The van der Waals surface area contributed by atoms with Gasteiger partial charge in [-0.1, -0.05) is 35.9 Å². The SMILES string of the molecule is Cc1nc(N2CCN(Cc3ccc(N)cc3)CC2)[nH]c(=O)c1Cc1ccc(Cl)cc1. The second kappa shape index (κ2) is 8.90. The van der Waals surface area contributed by atoms with Gasteiger partial charge in [-0.25, -0.2) is 4.98 Å². The predicted octanol–water partition coefficient (Wildman–Crippen LogP) is 3.23. The molecule has 30 heavy (non-hydrogen) atoms. The third kappa shape index (κ3) is 4.83. The molecule has 1 aromatic heterocycles. The van der Waals surface area contributed by atoms with Crippen molar-refractivity contribution >= 4 is 23.2 Å². The van der Waals surface area contributed by atoms with Crippen LogP contribution in [0.5, 0.6) is 0 Å². The number of nitrogens with two attached hydrogens (primary N) is 1. The van der Waals surface area contributed by atoms with Crippen molar-refractivity contribution in [3.05, 3.63) is 86.3 Å². The Bertz CT molecular complexity index is 1050. The standard InChI is InChI=1S/C23H26ClN5O/c1-16-21(14-17-2-6-19(24)7-3-17)22(30)27-23(26-16)29-12-10-28(11-13-29)15-18-4-8-20(25)9-5-18/h2-9H,10-15,25H2,1H3,(H,26,27,30). The molecule has 2 heterocycles. The molecular weight excluding hydrogens is 398 g/mol. The Morgan fingerprint density at radius 2 is 1.63 bits per heavy atom. The topological polar surface area (TPSA) is 78.2 Å². The van der Waals surface area contributed by atoms with E-state index >= 15 is 0 Å². The van der Waals surface area contributed by atoms with Crippen LogP contribution in [-0.4, -0.2) is 41.0 Å². The fourth-order valence-corrected chi connectivity index (χ4v) is 3.88. The molecular formula is C23H26ClN5O. The van der Waals surface area contributed by atoms with E-state index in [1.165, 1.54) is 5.56 Å². The van der Waals surface area contributed by atoms with E-state index in [1.54, 1.807) is 0 Å². The monoisotopic (exact) mass is 423 g/mol. The van der Waals surface area contributed by atoms with Crippen molar-refractivity contribution in [1.82, 2.24) is 14.9 Å². The summed E-state index contributed by atoms with van der Waals surface area (Å²) in [6.07, 6.45) is 0.543. The van der Waals surface area contributed by atoms with Gasteiger partial charge in [0.05, 0.1) is 5.69 Å². The highest BCUT2D eigenvalue weighted by molar-refractivity contribution is 6.30. The molecule has 0 saturated carbocycles. The molecule has 0 bridgehead atoms. The number of benzene rings is 2. The molecule has 0 atom stereocenters. The van der Waals surface area contributed by atoms with Gasteiger partial charge in [-0.3, -0.25) is 14.7 Å². The number of H-pyrrole nitrogens is 1. The number of nitrogen functional groups attached to an aromatic ring is 1. The largest absolute Gasteiger partial charge is 0.399 e. The van der Waals surface area contributed by atoms with Crippen LogP contribution in [0.1, 0.15) is 22.4 Å². The van der Waals surface area contributed by atoms with Gasteiger partial charge in [0.1, 0.15) is 0 Å². The van der Waals surface area contributed by atoms with Crippen molar-refractivity contribution in [1.29, 1.82) is 0 Å². The van der Waals surface area contributed by atoms with E-state index in [2.05, 4.69) is 26.9 Å². The molecule has 7 heteroatoms. The second-order valence-electron chi connectivity index (χ2n) is 7.76. The molecule has 1 aliphatic rings. The highest BCUT2D eigenvalue weighted by Gasteiger charge is 2.20. The highest BCUT2D eigenvalue weighted by Crippen LogP contribution is 2.17. The van der Waals surface area contributed by atoms with Gasteiger partial charge in [0.25, 0.3) is 5.56 Å². The molecule has 0 spiro atoms. The van der Waals surface area contributed by atoms with E-state index in [4.69, 9.17) is 22.3 Å². The van der Waals surface area contributed by atoms with Gasteiger partial charge < -0.3 is 10.6 Å². The zero-order valence-electron chi connectivity index (χ0n) is 17.1. The Hall–Kier alpha value is -2.83. The number of aryl methyl sites for hydroxylation is 1. The number of nitrogens with zero attached hydrogens (tertiary/aromatic N) is 3. The summed E-state index contributed by atoms with van der Waals surface area (Å²) in [5.74, 6) is 0.657. The third-order valence-corrected chi connectivity index (χ3v) is 5.81. The molecule has 1 fully saturated rings. The molecule has 0 aliphatic carbocycles. The quantitative estimate of drug-likeness (QED) is 0.616. The lowest BCUT2D eigenvalue weighted by atomic mass is 10.1. The van der Waals surface area contributed by atoms with Gasteiger partial charge in [-0.15, -0.1) is 0 Å². The molecule has 0 unspecified atom stereocenters. The van der Waals surface area contributed by atoms with Gasteiger partial charge in [-0.05, 0) is 42.3 Å². The van der Waals surface area contributed by atoms with Crippen LogP contribution < -0.4 is 16.2 Å². The molecule has 6 nitrogen and oxygen atoms in total. The van der Waals surface area contributed by atoms with Crippen molar-refractivity contribution in [3.8, 4) is 0 Å². The number of aromatic amines is 1. The first-order valence-electron chi connectivity index (χ1n) is 10.1. The van der Waals surface area contributed by atoms with Crippen LogP contribution in [0.25, 0.3) is 0 Å². The Morgan fingerprint density at radius 3 is 2.27 bits per heavy atom. The normalized spacial score (nSPS) is 14.8. The Kier molecular flexibility index (Phi) is 6.06. The summed E-state index contributed by atoms with van der Waals surface area (Å²) in [6.45, 7) is 6.29. The summed E-state index contributed by atoms with van der Waals surface area (Å²) < 4.78 is 0. The predicted molar refractivity (Wildman–Crippen MR) is 122 cm³/mol. The van der Waals surface area contributed by atoms with Gasteiger partial charge in [0.2, 0.25) is 5.95 Å². The maximum Gasteiger partial charge on any atom is 0.256 e. The van der Waals surface area contributed by atoms with Crippen LogP contribution in [0.2, 0.25) is 5.02 Å². The maximum atomic E-state index is 12.7. The lowest BCUT2D eigenvalue weighted by Gasteiger charge is -2.35. The van der Waals surface area contributed by atoms with Gasteiger partial charge in [0, 0.05) is 55.4 Å². The number of hydrogen-bond donors (Lipinski definition) is 2. The Balaban J connectivity index is 1.40. The zero-order chi connectivity index (χ0) is 21.1. The Morgan fingerprint density at radius 1 is 1.00 bits per heavy atom. The van der Waals surface area contributed by atoms with Crippen molar-refractivity contribution in [2.45, 2.75) is 19.9 Å². The van der Waals surface area contributed by atoms with Crippen LogP contribution in [0.3, 0.4) is 0 Å². The van der Waals surface area contributed by atoms with E-state index in [9.17, 15) is 4.79 Å². The average Bonchev–Trinajstić information content (AvgIpc) is 2.74. The summed E-state index contributed by atoms with van der Waals surface area (Å²) in [6, 6.07) is 15.6. The van der Waals surface area contributed by atoms with E-state index in [-0.39, 0.29) is 5.56 Å². The highest BCUT2D eigenvalue weighted by atomic mass is 35.5. The van der Waals surface area contributed by atoms with Crippen LogP contribution >= 0.6 is 11.6 Å². The number of nitrogens with one attached hydrogen (secondary N) is 1. The lowest BCUT2D eigenvalue weighted by molar-refractivity contribution is 0.248. The molecule has 3 aromatic rings. The summed E-state index contributed by atoms with van der Waals surface area (Å²) in [7, 11) is 0. The molecule has 1 aliphatic heterocycles. The number of rotatable bonds is 5. The average molecular weight is 424 g/mol. The van der Waals surface area contributed by atoms with Gasteiger partial charge in [-0.2, -0.15) is 0 Å². The molecule has 4 rings (SSSR count). The van der Waals surface area contributed by atoms with Crippen molar-refractivity contribution in [2.24, 2.45) is 0 Å². The molecule has 156 valence electrons. The first-order valence-corrected chi connectivity index (χ1v) is 10.5. The van der Waals surface area contributed by atoms with E-state index in [1.807, 2.05) is 43.3 Å². The number of anilines is 2. The minimum absolute atomic E-state index is 0.0725. The molecule has 2 aromatic carbocycles. The van der Waals surface area contributed by atoms with E-state index in [0.29, 0.717) is 23.0 Å². The van der Waals surface area contributed by atoms with Gasteiger partial charge in [0.15, 0.2) is 0 Å². The van der Waals surface area contributed by atoms with Crippen molar-refractivity contribution < 1.29 is 0 Å². The minimum Gasteiger partial charge on any atom is -0.399 e. The molecule has 0 radical (unpaired) electrons. The zero-order valence-corrected chi connectivity index (χ0v) is 17.8. The number of halogens is 1. The summed E-state index contributed by atoms with van der Waals surface area (Å²) >= 11 is 5.95. The summed E-state index contributed by atoms with van der Waals surface area (Å²) in [4.78, 5) is 25.0. The number of piperazine rings is 1. The maximum absolute atomic E-state index is 12.7. The fourth-order valence-electron chi connectivity index (χ4n) is 3.76. The summed E-state index contributed by atoms with van der Waals surface area (Å²) in [5.41, 5.74) is 10.2. The van der Waals surface area contributed by atoms with Crippen LogP contribution in [-0.2, 0) is 13.0 Å². The van der Waals surface area contributed by atoms with Crippen LogP contribution in [0.15, 0.2) is 53.3 Å². The Labute approximate surface area is 181 Å². The van der Waals surface area contributed by atoms with E-state index in [0.717, 1.165) is 49.7 Å². The van der Waals surface area contributed by atoms with Crippen LogP contribution in [0.4, 0.5) is 11.6 Å². The van der Waals surface area contributed by atoms with Crippen molar-refractivity contribution in [3.63, 3.8) is 0 Å². The first kappa shape index (κ1) is 20.4. The lowest BCUT2D eigenvalue weighted by Crippen LogP contribution is -2.47. The molecule has 1 saturated heterocycles. The number of hydrogen-bond acceptors (Lipinski definition) is 5. The molecule has 3 N–H and O–H groups in total. The van der Waals surface area contributed by atoms with E-state index < -0.39 is 0 Å². The second-order valence-corrected chi connectivity index (χ2v) is 8.20. The first-order chi connectivity index (χ1) is 14.5. The smallest absolute Gasteiger partial charge is 0.256 e. The fraction of sp³-hybridized carbons (Fsp3) is 0.304. The van der Waals surface area contributed by atoms with Crippen molar-refractivity contribution in [2.75, 3.05) is 36.8 Å². The molecule has 0 amide bonds. The minimum atomic E-state index is -0.0725.